The van der Waals surface area contributed by atoms with Gasteiger partial charge in [0.1, 0.15) is 5.69 Å². The van der Waals surface area contributed by atoms with Crippen molar-refractivity contribution in [1.82, 2.24) is 14.9 Å². The molecular formula is C16H20N4O. The number of anilines is 1. The van der Waals surface area contributed by atoms with E-state index in [1.165, 1.54) is 5.56 Å². The molecule has 0 saturated carbocycles. The normalized spacial score (nSPS) is 18.2. The van der Waals surface area contributed by atoms with Crippen LogP contribution in [0.3, 0.4) is 0 Å². The van der Waals surface area contributed by atoms with Gasteiger partial charge in [-0.05, 0) is 31.5 Å². The zero-order chi connectivity index (χ0) is 14.8. The standard InChI is InChI=1S/C16H20N4O/c1-17-13-7-5-9-20(15-8-4-3-6-12(13)15)16(21)14-10-19(2)11-18-14/h3-4,6,8,10-11,13,17H,5,7,9H2,1-2H3. The molecule has 3 rings (SSSR count). The summed E-state index contributed by atoms with van der Waals surface area (Å²) < 4.78 is 1.80. The molecule has 1 amide bonds. The number of hydrogen-bond acceptors (Lipinski definition) is 3. The van der Waals surface area contributed by atoms with E-state index in [9.17, 15) is 4.79 Å². The Morgan fingerprint density at radius 2 is 2.19 bits per heavy atom. The molecule has 0 radical (unpaired) electrons. The fourth-order valence-corrected chi connectivity index (χ4v) is 2.93. The Morgan fingerprint density at radius 3 is 2.90 bits per heavy atom. The van der Waals surface area contributed by atoms with Gasteiger partial charge in [-0.15, -0.1) is 0 Å². The average Bonchev–Trinajstić information content (AvgIpc) is 2.84. The Hall–Kier alpha value is -2.14. The van der Waals surface area contributed by atoms with Gasteiger partial charge in [0.2, 0.25) is 0 Å². The van der Waals surface area contributed by atoms with E-state index in [0.717, 1.165) is 25.1 Å². The number of benzene rings is 1. The fraction of sp³-hybridized carbons (Fsp3) is 0.375. The van der Waals surface area contributed by atoms with Crippen molar-refractivity contribution < 1.29 is 4.79 Å². The van der Waals surface area contributed by atoms with E-state index in [0.29, 0.717) is 11.7 Å². The third-order valence-electron chi connectivity index (χ3n) is 4.00. The Bertz CT molecular complexity index is 649. The number of nitrogens with one attached hydrogen (secondary N) is 1. The van der Waals surface area contributed by atoms with Gasteiger partial charge >= 0.3 is 0 Å². The van der Waals surface area contributed by atoms with Gasteiger partial charge in [-0.1, -0.05) is 18.2 Å². The highest BCUT2D eigenvalue weighted by atomic mass is 16.2. The van der Waals surface area contributed by atoms with Crippen molar-refractivity contribution in [3.8, 4) is 0 Å². The Kier molecular flexibility index (Phi) is 3.75. The SMILES string of the molecule is CNC1CCCN(C(=O)c2cn(C)cn2)c2ccccc21. The molecule has 1 N–H and O–H groups in total. The van der Waals surface area contributed by atoms with Crippen LogP contribution in [0.5, 0.6) is 0 Å². The minimum Gasteiger partial charge on any atom is -0.340 e. The van der Waals surface area contributed by atoms with Gasteiger partial charge in [-0.2, -0.15) is 0 Å². The van der Waals surface area contributed by atoms with Crippen LogP contribution in [0.1, 0.15) is 34.9 Å². The molecule has 1 aromatic carbocycles. The topological polar surface area (TPSA) is 50.2 Å². The first-order valence-electron chi connectivity index (χ1n) is 7.26. The first-order valence-corrected chi connectivity index (χ1v) is 7.26. The highest BCUT2D eigenvalue weighted by molar-refractivity contribution is 6.05. The van der Waals surface area contributed by atoms with Gasteiger partial charge in [0, 0.05) is 31.5 Å². The second-order valence-electron chi connectivity index (χ2n) is 5.42. The minimum atomic E-state index is -0.0280. The molecule has 0 bridgehead atoms. The molecule has 1 aromatic heterocycles. The zero-order valence-electron chi connectivity index (χ0n) is 12.4. The molecule has 0 fully saturated rings. The molecule has 1 aliphatic heterocycles. The molecule has 21 heavy (non-hydrogen) atoms. The van der Waals surface area contributed by atoms with Crippen molar-refractivity contribution in [3.63, 3.8) is 0 Å². The van der Waals surface area contributed by atoms with E-state index in [2.05, 4.69) is 16.4 Å². The van der Waals surface area contributed by atoms with Crippen LogP contribution in [0.15, 0.2) is 36.8 Å². The predicted octanol–water partition coefficient (Wildman–Crippen LogP) is 2.12. The van der Waals surface area contributed by atoms with Crippen molar-refractivity contribution in [2.45, 2.75) is 18.9 Å². The average molecular weight is 284 g/mol. The van der Waals surface area contributed by atoms with Crippen LogP contribution in [0.4, 0.5) is 5.69 Å². The third-order valence-corrected chi connectivity index (χ3v) is 4.00. The van der Waals surface area contributed by atoms with E-state index >= 15 is 0 Å². The minimum absolute atomic E-state index is 0.0280. The molecule has 1 unspecified atom stereocenters. The number of carbonyl (C=O) groups is 1. The summed E-state index contributed by atoms with van der Waals surface area (Å²) in [4.78, 5) is 18.8. The summed E-state index contributed by atoms with van der Waals surface area (Å²) in [6, 6.07) is 8.42. The number of imidazole rings is 1. The number of para-hydroxylation sites is 1. The number of hydrogen-bond donors (Lipinski definition) is 1. The maximum atomic E-state index is 12.8. The van der Waals surface area contributed by atoms with E-state index in [-0.39, 0.29) is 5.91 Å². The van der Waals surface area contributed by atoms with E-state index in [4.69, 9.17) is 0 Å². The first-order chi connectivity index (χ1) is 10.2. The largest absolute Gasteiger partial charge is 0.340 e. The highest BCUT2D eigenvalue weighted by Gasteiger charge is 2.27. The van der Waals surface area contributed by atoms with Crippen molar-refractivity contribution in [3.05, 3.63) is 48.0 Å². The van der Waals surface area contributed by atoms with Crippen LogP contribution >= 0.6 is 0 Å². The molecule has 1 atom stereocenters. The Morgan fingerprint density at radius 1 is 1.38 bits per heavy atom. The number of nitrogens with zero attached hydrogens (tertiary/aromatic N) is 3. The molecule has 5 nitrogen and oxygen atoms in total. The zero-order valence-corrected chi connectivity index (χ0v) is 12.4. The summed E-state index contributed by atoms with van der Waals surface area (Å²) in [5.74, 6) is -0.0280. The lowest BCUT2D eigenvalue weighted by molar-refractivity contribution is 0.0982. The van der Waals surface area contributed by atoms with Crippen molar-refractivity contribution in [2.75, 3.05) is 18.5 Å². The Labute approximate surface area is 124 Å². The molecular weight excluding hydrogens is 264 g/mol. The molecule has 0 spiro atoms. The first kappa shape index (κ1) is 13.8. The predicted molar refractivity (Wildman–Crippen MR) is 82.4 cm³/mol. The van der Waals surface area contributed by atoms with Crippen LogP contribution < -0.4 is 10.2 Å². The molecule has 0 saturated heterocycles. The maximum absolute atomic E-state index is 12.8. The maximum Gasteiger partial charge on any atom is 0.278 e. The van der Waals surface area contributed by atoms with Gasteiger partial charge in [-0.3, -0.25) is 4.79 Å². The lowest BCUT2D eigenvalue weighted by atomic mass is 10.0. The smallest absolute Gasteiger partial charge is 0.278 e. The summed E-state index contributed by atoms with van der Waals surface area (Å²) in [6.45, 7) is 0.727. The van der Waals surface area contributed by atoms with Crippen LogP contribution in [0.2, 0.25) is 0 Å². The Balaban J connectivity index is 2.00. The lowest BCUT2D eigenvalue weighted by Gasteiger charge is -2.23. The van der Waals surface area contributed by atoms with Crippen molar-refractivity contribution in [2.24, 2.45) is 7.05 Å². The summed E-state index contributed by atoms with van der Waals surface area (Å²) in [6.07, 6.45) is 5.43. The fourth-order valence-electron chi connectivity index (χ4n) is 2.93. The lowest BCUT2D eigenvalue weighted by Crippen LogP contribution is -2.32. The van der Waals surface area contributed by atoms with E-state index in [1.807, 2.05) is 37.2 Å². The number of aromatic nitrogens is 2. The molecule has 0 aliphatic carbocycles. The summed E-state index contributed by atoms with van der Waals surface area (Å²) >= 11 is 0. The van der Waals surface area contributed by atoms with Gasteiger partial charge in [-0.25, -0.2) is 4.98 Å². The summed E-state index contributed by atoms with van der Waals surface area (Å²) in [5.41, 5.74) is 2.67. The van der Waals surface area contributed by atoms with E-state index in [1.54, 1.807) is 17.1 Å². The number of aryl methyl sites for hydroxylation is 1. The molecule has 1 aliphatic rings. The third kappa shape index (κ3) is 2.56. The van der Waals surface area contributed by atoms with Gasteiger partial charge in [0.25, 0.3) is 5.91 Å². The van der Waals surface area contributed by atoms with E-state index < -0.39 is 0 Å². The second kappa shape index (κ2) is 5.69. The van der Waals surface area contributed by atoms with Gasteiger partial charge in [0.15, 0.2) is 0 Å². The quantitative estimate of drug-likeness (QED) is 0.919. The van der Waals surface area contributed by atoms with Crippen LogP contribution in [-0.2, 0) is 7.05 Å². The molecule has 2 heterocycles. The summed E-state index contributed by atoms with van der Waals surface area (Å²) in [5, 5.41) is 3.35. The molecule has 2 aromatic rings. The summed E-state index contributed by atoms with van der Waals surface area (Å²) in [7, 11) is 3.84. The number of carbonyl (C=O) groups excluding carboxylic acids is 1. The van der Waals surface area contributed by atoms with Crippen molar-refractivity contribution >= 4 is 11.6 Å². The monoisotopic (exact) mass is 284 g/mol. The van der Waals surface area contributed by atoms with Crippen LogP contribution in [0, 0.1) is 0 Å². The molecule has 110 valence electrons. The van der Waals surface area contributed by atoms with Gasteiger partial charge < -0.3 is 14.8 Å². The van der Waals surface area contributed by atoms with Gasteiger partial charge in [0.05, 0.1) is 6.33 Å². The molecule has 5 heteroatoms. The second-order valence-corrected chi connectivity index (χ2v) is 5.42. The van der Waals surface area contributed by atoms with Crippen LogP contribution in [0.25, 0.3) is 0 Å². The number of fused-ring (bicyclic) bond motifs is 1. The number of amides is 1. The number of rotatable bonds is 2. The van der Waals surface area contributed by atoms with Crippen LogP contribution in [-0.4, -0.2) is 29.1 Å². The highest BCUT2D eigenvalue weighted by Crippen LogP contribution is 2.33. The van der Waals surface area contributed by atoms with Crippen molar-refractivity contribution in [1.29, 1.82) is 0 Å².